The van der Waals surface area contributed by atoms with Crippen LogP contribution in [-0.2, 0) is 0 Å². The van der Waals surface area contributed by atoms with Crippen LogP contribution in [-0.4, -0.2) is 38.9 Å². The maximum atomic E-state index is 12.9. The van der Waals surface area contributed by atoms with Crippen LogP contribution >= 0.6 is 0 Å². The van der Waals surface area contributed by atoms with Gasteiger partial charge in [0, 0.05) is 24.8 Å². The number of halogens is 1. The van der Waals surface area contributed by atoms with Crippen LogP contribution in [0.2, 0.25) is 0 Å². The first kappa shape index (κ1) is 15.3. The Morgan fingerprint density at radius 3 is 2.64 bits per heavy atom. The Bertz CT molecular complexity index is 874. The number of likely N-dealkylation sites (tertiary alicyclic amines) is 1. The van der Waals surface area contributed by atoms with Gasteiger partial charge < -0.3 is 9.64 Å². The summed E-state index contributed by atoms with van der Waals surface area (Å²) in [5, 5.41) is 7.73. The molecule has 0 saturated carbocycles. The van der Waals surface area contributed by atoms with Crippen LogP contribution in [0.4, 0.5) is 4.39 Å². The number of amides is 1. The van der Waals surface area contributed by atoms with Gasteiger partial charge >= 0.3 is 0 Å². The summed E-state index contributed by atoms with van der Waals surface area (Å²) in [4.78, 5) is 14.3. The molecule has 0 unspecified atom stereocenters. The van der Waals surface area contributed by atoms with Gasteiger partial charge in [0.2, 0.25) is 0 Å². The standard InChI is InChI=1S/C18H15FN4O2/c19-14-4-6-16(7-5-14)25-17-3-1-2-13(10-17)18(24)22-11-15(12-22)23-9-8-20-21-23/h1-10,15H,11-12H2. The van der Waals surface area contributed by atoms with Crippen molar-refractivity contribution in [1.29, 1.82) is 0 Å². The van der Waals surface area contributed by atoms with E-state index in [0.29, 0.717) is 30.2 Å². The number of rotatable bonds is 4. The third-order valence-corrected chi connectivity index (χ3v) is 4.09. The quantitative estimate of drug-likeness (QED) is 0.734. The molecule has 0 bridgehead atoms. The molecule has 0 radical (unpaired) electrons. The molecule has 0 spiro atoms. The largest absolute Gasteiger partial charge is 0.457 e. The number of ether oxygens (including phenoxy) is 1. The number of carbonyl (C=O) groups excluding carboxylic acids is 1. The molecule has 1 aromatic heterocycles. The van der Waals surface area contributed by atoms with Crippen molar-refractivity contribution in [2.75, 3.05) is 13.1 Å². The van der Waals surface area contributed by atoms with Gasteiger partial charge in [-0.1, -0.05) is 11.3 Å². The zero-order valence-corrected chi connectivity index (χ0v) is 13.2. The summed E-state index contributed by atoms with van der Waals surface area (Å²) in [5.74, 6) is 0.670. The Morgan fingerprint density at radius 2 is 1.92 bits per heavy atom. The van der Waals surface area contributed by atoms with Crippen molar-refractivity contribution >= 4 is 5.91 Å². The van der Waals surface area contributed by atoms with Crippen molar-refractivity contribution < 1.29 is 13.9 Å². The van der Waals surface area contributed by atoms with Crippen LogP contribution < -0.4 is 4.74 Å². The van der Waals surface area contributed by atoms with Crippen molar-refractivity contribution in [1.82, 2.24) is 19.9 Å². The van der Waals surface area contributed by atoms with E-state index in [0.717, 1.165) is 0 Å². The molecule has 7 heteroatoms. The summed E-state index contributed by atoms with van der Waals surface area (Å²) >= 11 is 0. The monoisotopic (exact) mass is 338 g/mol. The normalized spacial score (nSPS) is 14.2. The van der Waals surface area contributed by atoms with Crippen molar-refractivity contribution in [2.45, 2.75) is 6.04 Å². The predicted octanol–water partition coefficient (Wildman–Crippen LogP) is 2.91. The smallest absolute Gasteiger partial charge is 0.254 e. The molecule has 0 atom stereocenters. The van der Waals surface area contributed by atoms with Crippen LogP contribution in [0.15, 0.2) is 60.9 Å². The van der Waals surface area contributed by atoms with Gasteiger partial charge in [-0.3, -0.25) is 4.79 Å². The van der Waals surface area contributed by atoms with E-state index in [-0.39, 0.29) is 17.8 Å². The molecule has 0 N–H and O–H groups in total. The lowest BCUT2D eigenvalue weighted by Gasteiger charge is -2.38. The van der Waals surface area contributed by atoms with Gasteiger partial charge in [-0.05, 0) is 42.5 Å². The van der Waals surface area contributed by atoms with E-state index in [1.54, 1.807) is 58.4 Å². The van der Waals surface area contributed by atoms with Crippen molar-refractivity contribution in [3.05, 3.63) is 72.3 Å². The molecule has 0 aliphatic carbocycles. The first-order valence-electron chi connectivity index (χ1n) is 7.87. The van der Waals surface area contributed by atoms with Gasteiger partial charge in [-0.2, -0.15) is 0 Å². The topological polar surface area (TPSA) is 60.2 Å². The first-order chi connectivity index (χ1) is 12.2. The molecule has 3 aromatic rings. The fourth-order valence-corrected chi connectivity index (χ4v) is 2.71. The van der Waals surface area contributed by atoms with E-state index in [9.17, 15) is 9.18 Å². The minimum atomic E-state index is -0.323. The van der Waals surface area contributed by atoms with Crippen molar-refractivity contribution in [3.63, 3.8) is 0 Å². The van der Waals surface area contributed by atoms with Crippen molar-refractivity contribution in [3.8, 4) is 11.5 Å². The van der Waals surface area contributed by atoms with E-state index in [2.05, 4.69) is 10.3 Å². The lowest BCUT2D eigenvalue weighted by Crippen LogP contribution is -2.50. The molecule has 25 heavy (non-hydrogen) atoms. The third kappa shape index (κ3) is 3.21. The molecular weight excluding hydrogens is 323 g/mol. The number of hydrogen-bond acceptors (Lipinski definition) is 4. The minimum absolute atomic E-state index is 0.0547. The Labute approximate surface area is 143 Å². The second kappa shape index (κ2) is 6.35. The number of hydrogen-bond donors (Lipinski definition) is 0. The van der Waals surface area contributed by atoms with Gasteiger partial charge in [0.1, 0.15) is 17.3 Å². The molecule has 126 valence electrons. The average molecular weight is 338 g/mol. The summed E-state index contributed by atoms with van der Waals surface area (Å²) in [6.07, 6.45) is 3.42. The number of carbonyl (C=O) groups is 1. The summed E-state index contributed by atoms with van der Waals surface area (Å²) in [6, 6.07) is 12.9. The maximum Gasteiger partial charge on any atom is 0.254 e. The Balaban J connectivity index is 1.42. The van der Waals surface area contributed by atoms with Gasteiger partial charge in [0.25, 0.3) is 5.91 Å². The fourth-order valence-electron chi connectivity index (χ4n) is 2.71. The number of nitrogens with zero attached hydrogens (tertiary/aromatic N) is 4. The van der Waals surface area contributed by atoms with Gasteiger partial charge in [-0.15, -0.1) is 5.10 Å². The Kier molecular flexibility index (Phi) is 3.89. The Morgan fingerprint density at radius 1 is 1.12 bits per heavy atom. The second-order valence-corrected chi connectivity index (χ2v) is 5.83. The number of benzene rings is 2. The van der Waals surface area contributed by atoms with Gasteiger partial charge in [-0.25, -0.2) is 9.07 Å². The van der Waals surface area contributed by atoms with Crippen LogP contribution in [0, 0.1) is 5.82 Å². The van der Waals surface area contributed by atoms with Crippen molar-refractivity contribution in [2.24, 2.45) is 0 Å². The number of aromatic nitrogens is 3. The fraction of sp³-hybridized carbons (Fsp3) is 0.167. The zero-order chi connectivity index (χ0) is 17.2. The molecule has 2 heterocycles. The van der Waals surface area contributed by atoms with Crippen LogP contribution in [0.25, 0.3) is 0 Å². The van der Waals surface area contributed by atoms with E-state index < -0.39 is 0 Å². The van der Waals surface area contributed by atoms with Crippen LogP contribution in [0.3, 0.4) is 0 Å². The van der Waals surface area contributed by atoms with E-state index >= 15 is 0 Å². The highest BCUT2D eigenvalue weighted by molar-refractivity contribution is 5.95. The Hall–Kier alpha value is -3.22. The second-order valence-electron chi connectivity index (χ2n) is 5.83. The minimum Gasteiger partial charge on any atom is -0.457 e. The molecule has 2 aromatic carbocycles. The molecular formula is C18H15FN4O2. The molecule has 1 aliphatic rings. The molecule has 1 aliphatic heterocycles. The van der Waals surface area contributed by atoms with E-state index in [4.69, 9.17) is 4.74 Å². The molecule has 1 amide bonds. The molecule has 4 rings (SSSR count). The highest BCUT2D eigenvalue weighted by Gasteiger charge is 2.33. The summed E-state index contributed by atoms with van der Waals surface area (Å²) in [7, 11) is 0. The molecule has 1 saturated heterocycles. The van der Waals surface area contributed by atoms with Gasteiger partial charge in [0.15, 0.2) is 0 Å². The molecule has 1 fully saturated rings. The van der Waals surface area contributed by atoms with E-state index in [1.165, 1.54) is 12.1 Å². The van der Waals surface area contributed by atoms with Crippen LogP contribution in [0.1, 0.15) is 16.4 Å². The highest BCUT2D eigenvalue weighted by Crippen LogP contribution is 2.26. The third-order valence-electron chi connectivity index (χ3n) is 4.09. The first-order valence-corrected chi connectivity index (χ1v) is 7.87. The summed E-state index contributed by atoms with van der Waals surface area (Å²) < 4.78 is 20.4. The van der Waals surface area contributed by atoms with E-state index in [1.807, 2.05) is 0 Å². The lowest BCUT2D eigenvalue weighted by molar-refractivity contribution is 0.0498. The van der Waals surface area contributed by atoms with Gasteiger partial charge in [0.05, 0.1) is 12.2 Å². The summed E-state index contributed by atoms with van der Waals surface area (Å²) in [6.45, 7) is 1.20. The molecule has 6 nitrogen and oxygen atoms in total. The SMILES string of the molecule is O=C(c1cccc(Oc2ccc(F)cc2)c1)N1CC(n2ccnn2)C1. The zero-order valence-electron chi connectivity index (χ0n) is 13.2. The summed E-state index contributed by atoms with van der Waals surface area (Å²) in [5.41, 5.74) is 0.552. The highest BCUT2D eigenvalue weighted by atomic mass is 19.1. The average Bonchev–Trinajstić information content (AvgIpc) is 3.10. The lowest BCUT2D eigenvalue weighted by atomic mass is 10.1. The predicted molar refractivity (Wildman–Crippen MR) is 87.9 cm³/mol. The maximum absolute atomic E-state index is 12.9. The van der Waals surface area contributed by atoms with Crippen LogP contribution in [0.5, 0.6) is 11.5 Å².